The molecule has 86 valence electrons. The fourth-order valence-corrected chi connectivity index (χ4v) is 1.80. The summed E-state index contributed by atoms with van der Waals surface area (Å²) >= 11 is 6.06. The molecule has 0 spiro atoms. The van der Waals surface area contributed by atoms with Crippen molar-refractivity contribution in [3.8, 4) is 6.07 Å². The summed E-state index contributed by atoms with van der Waals surface area (Å²) in [6.07, 6.45) is 0. The Kier molecular flexibility index (Phi) is 4.60. The van der Waals surface area contributed by atoms with Crippen molar-refractivity contribution in [1.82, 2.24) is 4.90 Å². The zero-order valence-electron chi connectivity index (χ0n) is 9.79. The van der Waals surface area contributed by atoms with Crippen LogP contribution in [-0.2, 0) is 0 Å². The van der Waals surface area contributed by atoms with E-state index in [1.807, 2.05) is 20.2 Å². The van der Waals surface area contributed by atoms with Gasteiger partial charge in [0.15, 0.2) is 0 Å². The minimum absolute atomic E-state index is 0.306. The van der Waals surface area contributed by atoms with Crippen LogP contribution in [0, 0.1) is 11.3 Å². The maximum Gasteiger partial charge on any atom is 0.0992 e. The Hall–Kier alpha value is -1.24. The van der Waals surface area contributed by atoms with Gasteiger partial charge in [-0.3, -0.25) is 0 Å². The van der Waals surface area contributed by atoms with E-state index in [1.165, 1.54) is 0 Å². The monoisotopic (exact) mass is 237 g/mol. The molecule has 1 aromatic rings. The van der Waals surface area contributed by atoms with E-state index in [4.69, 9.17) is 16.9 Å². The normalized spacial score (nSPS) is 12.2. The highest BCUT2D eigenvalue weighted by molar-refractivity contribution is 6.33. The van der Waals surface area contributed by atoms with Crippen molar-refractivity contribution in [2.24, 2.45) is 0 Å². The lowest BCUT2D eigenvalue weighted by atomic mass is 10.2. The molecule has 0 bridgehead atoms. The Morgan fingerprint density at radius 2 is 2.19 bits per heavy atom. The van der Waals surface area contributed by atoms with Crippen molar-refractivity contribution in [1.29, 1.82) is 5.26 Å². The third-order valence-corrected chi connectivity index (χ3v) is 2.45. The summed E-state index contributed by atoms with van der Waals surface area (Å²) in [7, 11) is 4.05. The van der Waals surface area contributed by atoms with E-state index in [1.54, 1.807) is 12.1 Å². The lowest BCUT2D eigenvalue weighted by Crippen LogP contribution is -2.29. The van der Waals surface area contributed by atoms with Gasteiger partial charge in [-0.05, 0) is 39.2 Å². The van der Waals surface area contributed by atoms with Crippen molar-refractivity contribution in [2.75, 3.05) is 26.0 Å². The van der Waals surface area contributed by atoms with E-state index in [0.717, 1.165) is 12.2 Å². The predicted octanol–water partition coefficient (Wildman–Crippen LogP) is 2.57. The topological polar surface area (TPSA) is 39.1 Å². The molecule has 0 saturated carbocycles. The molecule has 3 nitrogen and oxygen atoms in total. The summed E-state index contributed by atoms with van der Waals surface area (Å²) in [4.78, 5) is 2.11. The molecule has 16 heavy (non-hydrogen) atoms. The Morgan fingerprint density at radius 3 is 2.69 bits per heavy atom. The van der Waals surface area contributed by atoms with Gasteiger partial charge in [-0.15, -0.1) is 0 Å². The molecule has 1 rings (SSSR count). The van der Waals surface area contributed by atoms with E-state index in [2.05, 4.69) is 23.2 Å². The molecule has 0 heterocycles. The highest BCUT2D eigenvalue weighted by Gasteiger charge is 2.06. The number of hydrogen-bond donors (Lipinski definition) is 1. The summed E-state index contributed by atoms with van der Waals surface area (Å²) in [5.41, 5.74) is 1.45. The molecule has 0 aromatic heterocycles. The van der Waals surface area contributed by atoms with Crippen LogP contribution in [0.5, 0.6) is 0 Å². The van der Waals surface area contributed by atoms with Gasteiger partial charge in [0, 0.05) is 12.6 Å². The van der Waals surface area contributed by atoms with Gasteiger partial charge >= 0.3 is 0 Å². The largest absolute Gasteiger partial charge is 0.380 e. The molecule has 0 aliphatic rings. The summed E-state index contributed by atoms with van der Waals surface area (Å²) in [6.45, 7) is 3.02. The smallest absolute Gasteiger partial charge is 0.0992 e. The minimum atomic E-state index is 0.306. The fourth-order valence-electron chi connectivity index (χ4n) is 1.56. The summed E-state index contributed by atoms with van der Waals surface area (Å²) in [6, 6.07) is 7.64. The van der Waals surface area contributed by atoms with Gasteiger partial charge in [0.25, 0.3) is 0 Å². The van der Waals surface area contributed by atoms with Crippen molar-refractivity contribution in [2.45, 2.75) is 13.0 Å². The van der Waals surface area contributed by atoms with Gasteiger partial charge in [0.1, 0.15) is 0 Å². The number of likely N-dealkylation sites (N-methyl/N-ethyl adjacent to an activating group) is 1. The van der Waals surface area contributed by atoms with Gasteiger partial charge in [-0.1, -0.05) is 11.6 Å². The molecule has 0 aliphatic heterocycles. The standard InChI is InChI=1S/C12H16ClN3/c1-9(8-16(2)3)15-12-5-4-10(7-14)6-11(12)13/h4-6,9,15H,8H2,1-3H3. The number of nitrogens with zero attached hydrogens (tertiary/aromatic N) is 2. The molecule has 0 radical (unpaired) electrons. The molecule has 4 heteroatoms. The van der Waals surface area contributed by atoms with Gasteiger partial charge in [-0.2, -0.15) is 5.26 Å². The van der Waals surface area contributed by atoms with Gasteiger partial charge in [0.2, 0.25) is 0 Å². The Morgan fingerprint density at radius 1 is 1.50 bits per heavy atom. The SMILES string of the molecule is CC(CN(C)C)Nc1ccc(C#N)cc1Cl. The Bertz CT molecular complexity index is 396. The molecular formula is C12H16ClN3. The molecule has 1 N–H and O–H groups in total. The van der Waals surface area contributed by atoms with Crippen LogP contribution in [-0.4, -0.2) is 31.6 Å². The molecule has 0 amide bonds. The number of benzene rings is 1. The van der Waals surface area contributed by atoms with Crippen molar-refractivity contribution < 1.29 is 0 Å². The van der Waals surface area contributed by atoms with Crippen LogP contribution in [0.1, 0.15) is 12.5 Å². The maximum atomic E-state index is 8.72. The number of nitriles is 1. The van der Waals surface area contributed by atoms with Crippen LogP contribution in [0.15, 0.2) is 18.2 Å². The summed E-state index contributed by atoms with van der Waals surface area (Å²) in [5.74, 6) is 0. The number of rotatable bonds is 4. The highest BCUT2D eigenvalue weighted by Crippen LogP contribution is 2.23. The van der Waals surface area contributed by atoms with E-state index in [9.17, 15) is 0 Å². The minimum Gasteiger partial charge on any atom is -0.380 e. The second-order valence-corrected chi connectivity index (χ2v) is 4.52. The van der Waals surface area contributed by atoms with Crippen LogP contribution in [0.4, 0.5) is 5.69 Å². The first-order valence-electron chi connectivity index (χ1n) is 5.14. The second-order valence-electron chi connectivity index (χ2n) is 4.11. The molecule has 1 atom stereocenters. The highest BCUT2D eigenvalue weighted by atomic mass is 35.5. The first kappa shape index (κ1) is 12.8. The van der Waals surface area contributed by atoms with Crippen LogP contribution in [0.25, 0.3) is 0 Å². The van der Waals surface area contributed by atoms with Crippen LogP contribution in [0.3, 0.4) is 0 Å². The molecule has 1 unspecified atom stereocenters. The number of halogens is 1. The second kappa shape index (κ2) is 5.74. The average Bonchev–Trinajstić information content (AvgIpc) is 2.19. The van der Waals surface area contributed by atoms with Crippen LogP contribution >= 0.6 is 11.6 Å². The Labute approximate surface area is 102 Å². The summed E-state index contributed by atoms with van der Waals surface area (Å²) < 4.78 is 0. The third-order valence-electron chi connectivity index (χ3n) is 2.14. The fraction of sp³-hybridized carbons (Fsp3) is 0.417. The van der Waals surface area contributed by atoms with E-state index in [0.29, 0.717) is 16.6 Å². The number of nitrogens with one attached hydrogen (secondary N) is 1. The van der Waals surface area contributed by atoms with Crippen molar-refractivity contribution in [3.05, 3.63) is 28.8 Å². The number of hydrogen-bond acceptors (Lipinski definition) is 3. The zero-order valence-corrected chi connectivity index (χ0v) is 10.5. The van der Waals surface area contributed by atoms with Gasteiger partial charge < -0.3 is 10.2 Å². The van der Waals surface area contributed by atoms with Crippen molar-refractivity contribution >= 4 is 17.3 Å². The van der Waals surface area contributed by atoms with E-state index >= 15 is 0 Å². The average molecular weight is 238 g/mol. The Balaban J connectivity index is 2.71. The molecular weight excluding hydrogens is 222 g/mol. The third kappa shape index (κ3) is 3.73. The zero-order chi connectivity index (χ0) is 12.1. The molecule has 1 aromatic carbocycles. The summed E-state index contributed by atoms with van der Waals surface area (Å²) in [5, 5.41) is 12.6. The quantitative estimate of drug-likeness (QED) is 0.875. The van der Waals surface area contributed by atoms with E-state index < -0.39 is 0 Å². The predicted molar refractivity (Wildman–Crippen MR) is 67.8 cm³/mol. The number of anilines is 1. The van der Waals surface area contributed by atoms with Gasteiger partial charge in [-0.25, -0.2) is 0 Å². The van der Waals surface area contributed by atoms with Crippen molar-refractivity contribution in [3.63, 3.8) is 0 Å². The molecule has 0 aliphatic carbocycles. The lowest BCUT2D eigenvalue weighted by Gasteiger charge is -2.20. The first-order chi connectivity index (χ1) is 7.52. The van der Waals surface area contributed by atoms with Crippen LogP contribution < -0.4 is 5.32 Å². The first-order valence-corrected chi connectivity index (χ1v) is 5.51. The molecule has 0 saturated heterocycles. The van der Waals surface area contributed by atoms with Crippen LogP contribution in [0.2, 0.25) is 5.02 Å². The molecule has 0 fully saturated rings. The lowest BCUT2D eigenvalue weighted by molar-refractivity contribution is 0.392. The van der Waals surface area contributed by atoms with Gasteiger partial charge in [0.05, 0.1) is 22.3 Å². The van der Waals surface area contributed by atoms with E-state index in [-0.39, 0.29) is 0 Å². The maximum absolute atomic E-state index is 8.72.